The number of hydrogen-bond acceptors (Lipinski definition) is 1. The Morgan fingerprint density at radius 2 is 2.00 bits per heavy atom. The van der Waals surface area contributed by atoms with Crippen LogP contribution in [0.3, 0.4) is 0 Å². The van der Waals surface area contributed by atoms with Crippen LogP contribution < -0.4 is 4.74 Å². The van der Waals surface area contributed by atoms with Crippen LogP contribution in [0, 0.1) is 5.92 Å². The van der Waals surface area contributed by atoms with E-state index in [1.807, 2.05) is 26.8 Å². The molecular weight excluding hydrogens is 198 g/mol. The first kappa shape index (κ1) is 12.0. The number of rotatable bonds is 4. The van der Waals surface area contributed by atoms with Crippen LogP contribution in [0.15, 0.2) is 18.2 Å². The van der Waals surface area contributed by atoms with Crippen molar-refractivity contribution in [1.82, 2.24) is 0 Å². The van der Waals surface area contributed by atoms with Gasteiger partial charge in [0.1, 0.15) is 5.75 Å². The minimum Gasteiger partial charge on any atom is -0.435 e. The first-order valence-electron chi connectivity index (χ1n) is 4.93. The lowest BCUT2D eigenvalue weighted by Crippen LogP contribution is -2.06. The van der Waals surface area contributed by atoms with Gasteiger partial charge in [-0.3, -0.25) is 0 Å². The maximum atomic E-state index is 12.1. The summed E-state index contributed by atoms with van der Waals surface area (Å²) in [6, 6.07) is 5.24. The minimum absolute atomic E-state index is 0.284. The molecule has 0 saturated heterocycles. The van der Waals surface area contributed by atoms with E-state index in [0.717, 1.165) is 17.0 Å². The molecule has 0 fully saturated rings. The fourth-order valence-corrected chi connectivity index (χ4v) is 1.61. The Morgan fingerprint density at radius 1 is 1.33 bits per heavy atom. The molecule has 0 unspecified atom stereocenters. The lowest BCUT2D eigenvalue weighted by atomic mass is 9.95. The first-order valence-corrected chi connectivity index (χ1v) is 4.93. The third kappa shape index (κ3) is 2.91. The maximum Gasteiger partial charge on any atom is 0.387 e. The van der Waals surface area contributed by atoms with Crippen molar-refractivity contribution in [3.05, 3.63) is 35.2 Å². The number of hydrogen-bond donors (Lipinski definition) is 0. The van der Waals surface area contributed by atoms with Gasteiger partial charge >= 0.3 is 6.61 Å². The van der Waals surface area contributed by atoms with Crippen molar-refractivity contribution in [2.45, 2.75) is 33.8 Å². The van der Waals surface area contributed by atoms with Gasteiger partial charge in [-0.05, 0) is 29.5 Å². The molecule has 0 saturated carbocycles. The molecule has 83 valence electrons. The van der Waals surface area contributed by atoms with Crippen LogP contribution in [-0.4, -0.2) is 6.61 Å². The van der Waals surface area contributed by atoms with Gasteiger partial charge in [0, 0.05) is 0 Å². The van der Waals surface area contributed by atoms with Gasteiger partial charge in [0.2, 0.25) is 0 Å². The minimum atomic E-state index is -2.76. The third-order valence-electron chi connectivity index (χ3n) is 2.24. The molecule has 1 aromatic rings. The first-order chi connectivity index (χ1) is 7.06. The zero-order chi connectivity index (χ0) is 11.4. The number of alkyl halides is 2. The van der Waals surface area contributed by atoms with Gasteiger partial charge in [-0.15, -0.1) is 0 Å². The Bertz CT molecular complexity index is 321. The zero-order valence-electron chi connectivity index (χ0n) is 9.18. The molecule has 0 amide bonds. The van der Waals surface area contributed by atoms with E-state index in [1.54, 1.807) is 12.1 Å². The molecule has 0 aliphatic rings. The molecule has 0 aliphatic heterocycles. The van der Waals surface area contributed by atoms with Gasteiger partial charge < -0.3 is 4.74 Å². The van der Waals surface area contributed by atoms with Crippen LogP contribution in [0.2, 0.25) is 0 Å². The van der Waals surface area contributed by atoms with Crippen molar-refractivity contribution in [1.29, 1.82) is 0 Å². The van der Waals surface area contributed by atoms with Crippen LogP contribution in [-0.2, 0) is 6.42 Å². The quantitative estimate of drug-likeness (QED) is 0.738. The molecule has 0 N–H and O–H groups in total. The van der Waals surface area contributed by atoms with Crippen LogP contribution in [0.5, 0.6) is 5.75 Å². The summed E-state index contributed by atoms with van der Waals surface area (Å²) >= 11 is 0. The lowest BCUT2D eigenvalue weighted by Gasteiger charge is -2.15. The van der Waals surface area contributed by atoms with E-state index in [4.69, 9.17) is 0 Å². The Kier molecular flexibility index (Phi) is 4.06. The zero-order valence-corrected chi connectivity index (χ0v) is 9.18. The van der Waals surface area contributed by atoms with Gasteiger partial charge in [-0.25, -0.2) is 0 Å². The molecule has 0 spiro atoms. The van der Waals surface area contributed by atoms with E-state index in [0.29, 0.717) is 6.42 Å². The summed E-state index contributed by atoms with van der Waals surface area (Å²) in [6.45, 7) is 3.09. The highest BCUT2D eigenvalue weighted by Gasteiger charge is 2.13. The molecule has 0 aliphatic carbocycles. The largest absolute Gasteiger partial charge is 0.435 e. The number of ether oxygens (including phenoxy) is 1. The van der Waals surface area contributed by atoms with E-state index >= 15 is 0 Å². The van der Waals surface area contributed by atoms with E-state index in [1.165, 1.54) is 0 Å². The molecule has 3 heteroatoms. The summed E-state index contributed by atoms with van der Waals surface area (Å²) in [4.78, 5) is 0. The number of benzene rings is 1. The summed E-state index contributed by atoms with van der Waals surface area (Å²) in [5.41, 5.74) is 1.84. The molecule has 1 aromatic carbocycles. The standard InChI is InChI=1S/C12H15F2O/c1-4-9-10(8(2)3)6-5-7-11(9)15-12(13)14/h5-7,12H,4H2,1-3H3. The second-order valence-electron chi connectivity index (χ2n) is 3.51. The molecule has 1 radical (unpaired) electrons. The Hall–Kier alpha value is -1.12. The van der Waals surface area contributed by atoms with E-state index in [2.05, 4.69) is 4.74 Å². The van der Waals surface area contributed by atoms with Gasteiger partial charge in [0.05, 0.1) is 0 Å². The molecular formula is C12H15F2O. The molecule has 0 bridgehead atoms. The van der Waals surface area contributed by atoms with Crippen LogP contribution >= 0.6 is 0 Å². The number of halogens is 2. The molecule has 0 atom stereocenters. The van der Waals surface area contributed by atoms with Crippen molar-refractivity contribution >= 4 is 0 Å². The molecule has 0 aromatic heterocycles. The molecule has 1 nitrogen and oxygen atoms in total. The van der Waals surface area contributed by atoms with Gasteiger partial charge in [-0.1, -0.05) is 32.9 Å². The summed E-state index contributed by atoms with van der Waals surface area (Å²) in [5.74, 6) is 1.39. The fourth-order valence-electron chi connectivity index (χ4n) is 1.61. The second kappa shape index (κ2) is 5.10. The summed E-state index contributed by atoms with van der Waals surface area (Å²) < 4.78 is 28.8. The highest BCUT2D eigenvalue weighted by atomic mass is 19.3. The maximum absolute atomic E-state index is 12.1. The van der Waals surface area contributed by atoms with Crippen molar-refractivity contribution in [3.63, 3.8) is 0 Å². The van der Waals surface area contributed by atoms with E-state index in [-0.39, 0.29) is 5.75 Å². The van der Waals surface area contributed by atoms with Crippen molar-refractivity contribution in [3.8, 4) is 5.75 Å². The lowest BCUT2D eigenvalue weighted by molar-refractivity contribution is -0.0504. The van der Waals surface area contributed by atoms with Crippen LogP contribution in [0.1, 0.15) is 31.9 Å². The molecule has 15 heavy (non-hydrogen) atoms. The Balaban J connectivity index is 3.10. The SMILES string of the molecule is CCc1c(OC(F)F)cccc1[C](C)C. The average Bonchev–Trinajstić information content (AvgIpc) is 2.16. The summed E-state index contributed by atoms with van der Waals surface area (Å²) in [7, 11) is 0. The predicted octanol–water partition coefficient (Wildman–Crippen LogP) is 3.81. The molecule has 0 heterocycles. The normalized spacial score (nSPS) is 11.1. The Labute approximate surface area is 89.1 Å². The molecule has 1 rings (SSSR count). The van der Waals surface area contributed by atoms with Crippen molar-refractivity contribution in [2.24, 2.45) is 0 Å². The smallest absolute Gasteiger partial charge is 0.387 e. The van der Waals surface area contributed by atoms with E-state index < -0.39 is 6.61 Å². The third-order valence-corrected chi connectivity index (χ3v) is 2.24. The van der Waals surface area contributed by atoms with Gasteiger partial charge in [-0.2, -0.15) is 8.78 Å². The van der Waals surface area contributed by atoms with Crippen molar-refractivity contribution in [2.75, 3.05) is 0 Å². The van der Waals surface area contributed by atoms with Crippen LogP contribution in [0.4, 0.5) is 8.78 Å². The second-order valence-corrected chi connectivity index (χ2v) is 3.51. The fraction of sp³-hybridized carbons (Fsp3) is 0.417. The monoisotopic (exact) mass is 213 g/mol. The summed E-state index contributed by atoms with van der Waals surface area (Å²) in [6.07, 6.45) is 0.684. The average molecular weight is 213 g/mol. The van der Waals surface area contributed by atoms with Crippen molar-refractivity contribution < 1.29 is 13.5 Å². The van der Waals surface area contributed by atoms with Crippen LogP contribution in [0.25, 0.3) is 0 Å². The van der Waals surface area contributed by atoms with Gasteiger partial charge in [0.25, 0.3) is 0 Å². The highest BCUT2D eigenvalue weighted by Crippen LogP contribution is 2.28. The summed E-state index contributed by atoms with van der Waals surface area (Å²) in [5, 5.41) is 0. The van der Waals surface area contributed by atoms with E-state index in [9.17, 15) is 8.78 Å². The topological polar surface area (TPSA) is 9.23 Å². The Morgan fingerprint density at radius 3 is 2.47 bits per heavy atom. The highest BCUT2D eigenvalue weighted by molar-refractivity contribution is 5.46. The predicted molar refractivity (Wildman–Crippen MR) is 56.1 cm³/mol. The van der Waals surface area contributed by atoms with Gasteiger partial charge in [0.15, 0.2) is 0 Å².